The number of rotatable bonds is 4. The number of ether oxygens (including phenoxy) is 1. The van der Waals surface area contributed by atoms with Crippen molar-refractivity contribution in [2.45, 2.75) is 13.5 Å². The molecule has 0 unspecified atom stereocenters. The fraction of sp³-hybridized carbons (Fsp3) is 0.467. The van der Waals surface area contributed by atoms with Crippen LogP contribution < -0.4 is 5.73 Å². The van der Waals surface area contributed by atoms with Crippen LogP contribution in [0, 0.1) is 0 Å². The summed E-state index contributed by atoms with van der Waals surface area (Å²) in [4.78, 5) is 18.1. The van der Waals surface area contributed by atoms with Crippen LogP contribution in [0.5, 0.6) is 0 Å². The molecule has 0 atom stereocenters. The second kappa shape index (κ2) is 9.94. The van der Waals surface area contributed by atoms with Crippen molar-refractivity contribution in [2.24, 2.45) is 10.7 Å². The van der Waals surface area contributed by atoms with Crippen LogP contribution in [0.4, 0.5) is 0 Å². The van der Waals surface area contributed by atoms with E-state index >= 15 is 0 Å². The van der Waals surface area contributed by atoms with Crippen LogP contribution in [0.3, 0.4) is 0 Å². The summed E-state index contributed by atoms with van der Waals surface area (Å²) in [5.74, 6) is 2.51. The summed E-state index contributed by atoms with van der Waals surface area (Å²) in [7, 11) is 0. The Morgan fingerprint density at radius 2 is 1.95 bits per heavy atom. The molecular formula is C15H22IN3O2S. The molecule has 2 rings (SSSR count). The third-order valence-electron chi connectivity index (χ3n) is 3.22. The smallest absolute Gasteiger partial charge is 0.338 e. The van der Waals surface area contributed by atoms with Gasteiger partial charge in [0.2, 0.25) is 0 Å². The maximum Gasteiger partial charge on any atom is 0.338 e. The van der Waals surface area contributed by atoms with Crippen molar-refractivity contribution in [3.05, 3.63) is 35.4 Å². The Bertz CT molecular complexity index is 502. The normalized spacial score (nSPS) is 15.1. The van der Waals surface area contributed by atoms with Crippen molar-refractivity contribution in [3.8, 4) is 0 Å². The van der Waals surface area contributed by atoms with Gasteiger partial charge < -0.3 is 15.4 Å². The van der Waals surface area contributed by atoms with Crippen LogP contribution in [0.1, 0.15) is 22.8 Å². The molecule has 1 saturated heterocycles. The highest BCUT2D eigenvalue weighted by Crippen LogP contribution is 2.10. The molecule has 0 saturated carbocycles. The predicted octanol–water partition coefficient (Wildman–Crippen LogP) is 2.34. The molecule has 5 nitrogen and oxygen atoms in total. The Hall–Kier alpha value is -0.960. The van der Waals surface area contributed by atoms with E-state index < -0.39 is 0 Å². The molecule has 1 aromatic rings. The third-order valence-corrected chi connectivity index (χ3v) is 4.17. The molecule has 0 bridgehead atoms. The number of guanidine groups is 1. The first-order valence-corrected chi connectivity index (χ1v) is 8.25. The molecule has 0 spiro atoms. The van der Waals surface area contributed by atoms with Gasteiger partial charge >= 0.3 is 5.97 Å². The van der Waals surface area contributed by atoms with Gasteiger partial charge in [-0.2, -0.15) is 11.8 Å². The number of carbonyl (C=O) groups excluding carboxylic acids is 1. The zero-order valence-electron chi connectivity index (χ0n) is 12.7. The molecule has 7 heteroatoms. The van der Waals surface area contributed by atoms with E-state index in [2.05, 4.69) is 9.89 Å². The van der Waals surface area contributed by atoms with Gasteiger partial charge in [-0.05, 0) is 24.6 Å². The molecule has 1 heterocycles. The quantitative estimate of drug-likeness (QED) is 0.341. The fourth-order valence-electron chi connectivity index (χ4n) is 2.03. The summed E-state index contributed by atoms with van der Waals surface area (Å²) < 4.78 is 4.95. The Morgan fingerprint density at radius 3 is 2.55 bits per heavy atom. The van der Waals surface area contributed by atoms with E-state index in [0.717, 1.165) is 30.2 Å². The van der Waals surface area contributed by atoms with Crippen molar-refractivity contribution in [2.75, 3.05) is 31.2 Å². The molecule has 122 valence electrons. The zero-order valence-corrected chi connectivity index (χ0v) is 15.8. The van der Waals surface area contributed by atoms with Crippen LogP contribution in [-0.4, -0.2) is 48.0 Å². The zero-order chi connectivity index (χ0) is 15.1. The molecule has 0 aliphatic carbocycles. The summed E-state index contributed by atoms with van der Waals surface area (Å²) in [6.07, 6.45) is 0. The molecule has 22 heavy (non-hydrogen) atoms. The first kappa shape index (κ1) is 19.1. The van der Waals surface area contributed by atoms with Crippen LogP contribution in [-0.2, 0) is 11.3 Å². The maximum atomic E-state index is 11.6. The number of esters is 1. The summed E-state index contributed by atoms with van der Waals surface area (Å²) >= 11 is 1.94. The largest absolute Gasteiger partial charge is 0.462 e. The van der Waals surface area contributed by atoms with E-state index in [4.69, 9.17) is 10.5 Å². The van der Waals surface area contributed by atoms with Crippen molar-refractivity contribution in [3.63, 3.8) is 0 Å². The molecule has 1 aromatic carbocycles. The molecular weight excluding hydrogens is 413 g/mol. The summed E-state index contributed by atoms with van der Waals surface area (Å²) in [5, 5.41) is 0. The molecule has 0 aromatic heterocycles. The highest BCUT2D eigenvalue weighted by Gasteiger charge is 2.12. The number of nitrogens with two attached hydrogens (primary N) is 1. The van der Waals surface area contributed by atoms with Crippen molar-refractivity contribution in [1.82, 2.24) is 4.90 Å². The second-order valence-corrected chi connectivity index (χ2v) is 5.92. The summed E-state index contributed by atoms with van der Waals surface area (Å²) in [6.45, 7) is 4.63. The number of thioether (sulfide) groups is 1. The average molecular weight is 435 g/mol. The molecule has 2 N–H and O–H groups in total. The second-order valence-electron chi connectivity index (χ2n) is 4.69. The molecule has 1 aliphatic heterocycles. The van der Waals surface area contributed by atoms with Crippen LogP contribution >= 0.6 is 35.7 Å². The lowest BCUT2D eigenvalue weighted by Crippen LogP contribution is -2.42. The van der Waals surface area contributed by atoms with Gasteiger partial charge in [0.25, 0.3) is 0 Å². The van der Waals surface area contributed by atoms with Crippen molar-refractivity contribution in [1.29, 1.82) is 0 Å². The van der Waals surface area contributed by atoms with Gasteiger partial charge in [-0.3, -0.25) is 0 Å². The first-order chi connectivity index (χ1) is 10.2. The predicted molar refractivity (Wildman–Crippen MR) is 102 cm³/mol. The number of halogens is 1. The van der Waals surface area contributed by atoms with Gasteiger partial charge in [0.15, 0.2) is 5.96 Å². The van der Waals surface area contributed by atoms with E-state index in [1.165, 1.54) is 0 Å². The topological polar surface area (TPSA) is 67.9 Å². The summed E-state index contributed by atoms with van der Waals surface area (Å²) in [6, 6.07) is 7.29. The van der Waals surface area contributed by atoms with Gasteiger partial charge in [-0.1, -0.05) is 12.1 Å². The van der Waals surface area contributed by atoms with E-state index in [1.54, 1.807) is 19.1 Å². The molecule has 0 amide bonds. The minimum Gasteiger partial charge on any atom is -0.462 e. The minimum atomic E-state index is -0.294. The van der Waals surface area contributed by atoms with Crippen LogP contribution in [0.25, 0.3) is 0 Å². The van der Waals surface area contributed by atoms with Gasteiger partial charge in [0.05, 0.1) is 18.7 Å². The Labute approximate surface area is 152 Å². The van der Waals surface area contributed by atoms with Crippen LogP contribution in [0.2, 0.25) is 0 Å². The molecule has 1 aliphatic rings. The number of aliphatic imine (C=N–C) groups is 1. The van der Waals surface area contributed by atoms with E-state index in [0.29, 0.717) is 24.7 Å². The first-order valence-electron chi connectivity index (χ1n) is 7.09. The SMILES string of the molecule is CCOC(=O)c1ccc(CN=C(N)N2CCSCC2)cc1.I. The molecule has 0 radical (unpaired) electrons. The number of hydrogen-bond donors (Lipinski definition) is 1. The van der Waals surface area contributed by atoms with Gasteiger partial charge in [-0.25, -0.2) is 9.79 Å². The summed E-state index contributed by atoms with van der Waals surface area (Å²) in [5.41, 5.74) is 7.59. The lowest BCUT2D eigenvalue weighted by atomic mass is 10.1. The standard InChI is InChI=1S/C15H21N3O2S.HI/c1-2-20-14(19)13-5-3-12(4-6-13)11-17-15(16)18-7-9-21-10-8-18;/h3-6H,2,7-11H2,1H3,(H2,16,17);1H. The van der Waals surface area contributed by atoms with E-state index in [-0.39, 0.29) is 29.9 Å². The monoisotopic (exact) mass is 435 g/mol. The van der Waals surface area contributed by atoms with Crippen molar-refractivity contribution < 1.29 is 9.53 Å². The van der Waals surface area contributed by atoms with Gasteiger partial charge in [-0.15, -0.1) is 24.0 Å². The Balaban J connectivity index is 0.00000242. The van der Waals surface area contributed by atoms with E-state index in [1.807, 2.05) is 23.9 Å². The highest BCUT2D eigenvalue weighted by atomic mass is 127. The van der Waals surface area contributed by atoms with Gasteiger partial charge in [0, 0.05) is 24.6 Å². The maximum absolute atomic E-state index is 11.6. The highest BCUT2D eigenvalue weighted by molar-refractivity contribution is 14.0. The average Bonchev–Trinajstić information content (AvgIpc) is 2.54. The fourth-order valence-corrected chi connectivity index (χ4v) is 2.93. The Morgan fingerprint density at radius 1 is 1.32 bits per heavy atom. The number of carbonyl (C=O) groups is 1. The lowest BCUT2D eigenvalue weighted by Gasteiger charge is -2.27. The molecule has 1 fully saturated rings. The lowest BCUT2D eigenvalue weighted by molar-refractivity contribution is 0.0526. The number of nitrogens with zero attached hydrogens (tertiary/aromatic N) is 2. The van der Waals surface area contributed by atoms with Crippen LogP contribution in [0.15, 0.2) is 29.3 Å². The van der Waals surface area contributed by atoms with Crippen molar-refractivity contribution >= 4 is 47.7 Å². The Kier molecular flexibility index (Phi) is 8.62. The van der Waals surface area contributed by atoms with Gasteiger partial charge in [0.1, 0.15) is 0 Å². The number of benzene rings is 1. The minimum absolute atomic E-state index is 0. The third kappa shape index (κ3) is 5.68. The number of hydrogen-bond acceptors (Lipinski definition) is 4. The van der Waals surface area contributed by atoms with E-state index in [9.17, 15) is 4.79 Å².